The zero-order chi connectivity index (χ0) is 26.0. The monoisotopic (exact) mass is 484 g/mol. The molecule has 0 aliphatic carbocycles. The Morgan fingerprint density at radius 3 is 2.17 bits per heavy atom. The summed E-state index contributed by atoms with van der Waals surface area (Å²) in [6.45, 7) is 2.98. The molecule has 0 heterocycles. The zero-order valence-corrected chi connectivity index (χ0v) is 19.4. The van der Waals surface area contributed by atoms with E-state index in [9.17, 15) is 29.3 Å². The molecule has 3 atom stereocenters. The third kappa shape index (κ3) is 8.22. The molecule has 0 radical (unpaired) electrons. The molecule has 0 aromatic heterocycles. The van der Waals surface area contributed by atoms with Gasteiger partial charge in [-0.05, 0) is 18.1 Å². The molecule has 0 saturated carbocycles. The van der Waals surface area contributed by atoms with Crippen LogP contribution in [0.1, 0.15) is 37.3 Å². The standard InChI is InChI=1S/C24H28N4O7/c1-3-35-21(30)14-19(17-9-11-18(12-10-17)28(33)34)22(23(25)31)27-24(32)20(26-15(2)29)13-16-7-5-4-6-8-16/h4-12,19-20,22H,3,13-14H2,1-2H3,(H2,25,31)(H,26,29)(H,27,32)/t19-,20-,22+/m1/s1. The fraction of sp³-hybridized carbons (Fsp3) is 0.333. The summed E-state index contributed by atoms with van der Waals surface area (Å²) in [6, 6.07) is 11.8. The summed E-state index contributed by atoms with van der Waals surface area (Å²) < 4.78 is 5.00. The van der Waals surface area contributed by atoms with E-state index in [0.29, 0.717) is 5.56 Å². The molecule has 0 bridgehead atoms. The van der Waals surface area contributed by atoms with Gasteiger partial charge in [-0.1, -0.05) is 42.5 Å². The van der Waals surface area contributed by atoms with Gasteiger partial charge in [0, 0.05) is 31.4 Å². The molecule has 11 nitrogen and oxygen atoms in total. The van der Waals surface area contributed by atoms with Crippen LogP contribution in [0, 0.1) is 10.1 Å². The molecule has 2 aromatic carbocycles. The number of rotatable bonds is 12. The number of non-ortho nitro benzene ring substituents is 1. The highest BCUT2D eigenvalue weighted by molar-refractivity contribution is 5.92. The van der Waals surface area contributed by atoms with Crippen LogP contribution < -0.4 is 16.4 Å². The topological polar surface area (TPSA) is 171 Å². The van der Waals surface area contributed by atoms with Crippen molar-refractivity contribution in [3.63, 3.8) is 0 Å². The largest absolute Gasteiger partial charge is 0.466 e. The number of nitro groups is 1. The first-order valence-electron chi connectivity index (χ1n) is 10.9. The first-order chi connectivity index (χ1) is 16.6. The van der Waals surface area contributed by atoms with Gasteiger partial charge < -0.3 is 21.1 Å². The lowest BCUT2D eigenvalue weighted by molar-refractivity contribution is -0.384. The average Bonchev–Trinajstić information content (AvgIpc) is 2.81. The summed E-state index contributed by atoms with van der Waals surface area (Å²) in [5, 5.41) is 16.1. The molecule has 186 valence electrons. The quantitative estimate of drug-likeness (QED) is 0.232. The van der Waals surface area contributed by atoms with Crippen LogP contribution in [-0.4, -0.2) is 47.3 Å². The Morgan fingerprint density at radius 1 is 1.03 bits per heavy atom. The molecule has 0 aliphatic rings. The lowest BCUT2D eigenvalue weighted by atomic mass is 9.87. The smallest absolute Gasteiger partial charge is 0.306 e. The number of carbonyl (C=O) groups is 4. The van der Waals surface area contributed by atoms with E-state index in [0.717, 1.165) is 5.56 Å². The van der Waals surface area contributed by atoms with Gasteiger partial charge >= 0.3 is 5.97 Å². The van der Waals surface area contributed by atoms with E-state index in [1.54, 1.807) is 31.2 Å². The van der Waals surface area contributed by atoms with E-state index in [4.69, 9.17) is 10.5 Å². The second-order valence-corrected chi connectivity index (χ2v) is 7.80. The van der Waals surface area contributed by atoms with Crippen molar-refractivity contribution in [1.82, 2.24) is 10.6 Å². The fourth-order valence-corrected chi connectivity index (χ4v) is 3.60. The lowest BCUT2D eigenvalue weighted by Crippen LogP contribution is -2.55. The summed E-state index contributed by atoms with van der Waals surface area (Å²) in [5.41, 5.74) is 6.56. The summed E-state index contributed by atoms with van der Waals surface area (Å²) in [4.78, 5) is 60.0. The highest BCUT2D eigenvalue weighted by Crippen LogP contribution is 2.27. The number of benzene rings is 2. The van der Waals surface area contributed by atoms with E-state index in [1.165, 1.54) is 31.2 Å². The van der Waals surface area contributed by atoms with Crippen LogP contribution in [0.25, 0.3) is 0 Å². The van der Waals surface area contributed by atoms with Crippen LogP contribution in [0.15, 0.2) is 54.6 Å². The van der Waals surface area contributed by atoms with Crippen molar-refractivity contribution in [1.29, 1.82) is 0 Å². The number of hydrogen-bond donors (Lipinski definition) is 3. The fourth-order valence-electron chi connectivity index (χ4n) is 3.60. The average molecular weight is 485 g/mol. The second kappa shape index (κ2) is 12.8. The van der Waals surface area contributed by atoms with Crippen LogP contribution in [-0.2, 0) is 30.3 Å². The molecule has 3 amide bonds. The normalized spacial score (nSPS) is 13.1. The summed E-state index contributed by atoms with van der Waals surface area (Å²) in [5.74, 6) is -3.66. The van der Waals surface area contributed by atoms with Crippen molar-refractivity contribution >= 4 is 29.4 Å². The van der Waals surface area contributed by atoms with E-state index in [1.807, 2.05) is 6.07 Å². The number of carbonyl (C=O) groups excluding carboxylic acids is 4. The van der Waals surface area contributed by atoms with E-state index >= 15 is 0 Å². The van der Waals surface area contributed by atoms with Crippen LogP contribution in [0.5, 0.6) is 0 Å². The number of esters is 1. The number of primary amides is 1. The lowest BCUT2D eigenvalue weighted by Gasteiger charge is -2.27. The van der Waals surface area contributed by atoms with Crippen LogP contribution in [0.3, 0.4) is 0 Å². The van der Waals surface area contributed by atoms with Crippen LogP contribution in [0.4, 0.5) is 5.69 Å². The van der Waals surface area contributed by atoms with Gasteiger partial charge in [0.1, 0.15) is 12.1 Å². The Balaban J connectivity index is 2.36. The molecule has 0 unspecified atom stereocenters. The maximum absolute atomic E-state index is 13.1. The maximum Gasteiger partial charge on any atom is 0.306 e. The number of nitro benzene ring substituents is 1. The molecule has 11 heteroatoms. The van der Waals surface area contributed by atoms with Gasteiger partial charge in [0.2, 0.25) is 17.7 Å². The van der Waals surface area contributed by atoms with Gasteiger partial charge in [-0.3, -0.25) is 29.3 Å². The van der Waals surface area contributed by atoms with Gasteiger partial charge in [0.25, 0.3) is 5.69 Å². The van der Waals surface area contributed by atoms with Gasteiger partial charge in [-0.2, -0.15) is 0 Å². The number of amides is 3. The Hall–Kier alpha value is -4.28. The molecule has 0 spiro atoms. The molecule has 0 saturated heterocycles. The predicted octanol–water partition coefficient (Wildman–Crippen LogP) is 1.35. The minimum absolute atomic E-state index is 0.0983. The molecule has 0 fully saturated rings. The molecule has 2 aromatic rings. The minimum atomic E-state index is -1.36. The van der Waals surface area contributed by atoms with E-state index in [2.05, 4.69) is 10.6 Å². The molecule has 2 rings (SSSR count). The van der Waals surface area contributed by atoms with Gasteiger partial charge in [0.15, 0.2) is 0 Å². The molecular formula is C24H28N4O7. The van der Waals surface area contributed by atoms with Crippen molar-refractivity contribution in [3.8, 4) is 0 Å². The highest BCUT2D eigenvalue weighted by atomic mass is 16.6. The van der Waals surface area contributed by atoms with Crippen LogP contribution >= 0.6 is 0 Å². The Bertz CT molecular complexity index is 1060. The zero-order valence-electron chi connectivity index (χ0n) is 19.4. The third-order valence-corrected chi connectivity index (χ3v) is 5.21. The van der Waals surface area contributed by atoms with Crippen molar-refractivity contribution in [2.24, 2.45) is 5.73 Å². The number of ether oxygens (including phenoxy) is 1. The molecule has 0 aliphatic heterocycles. The van der Waals surface area contributed by atoms with Gasteiger partial charge in [-0.15, -0.1) is 0 Å². The van der Waals surface area contributed by atoms with Gasteiger partial charge in [0.05, 0.1) is 18.0 Å². The summed E-state index contributed by atoms with van der Waals surface area (Å²) in [7, 11) is 0. The second-order valence-electron chi connectivity index (χ2n) is 7.80. The van der Waals surface area contributed by atoms with Crippen molar-refractivity contribution < 1.29 is 28.8 Å². The van der Waals surface area contributed by atoms with Gasteiger partial charge in [-0.25, -0.2) is 0 Å². The maximum atomic E-state index is 13.1. The minimum Gasteiger partial charge on any atom is -0.466 e. The van der Waals surface area contributed by atoms with E-state index in [-0.39, 0.29) is 25.1 Å². The number of hydrogen-bond acceptors (Lipinski definition) is 7. The Morgan fingerprint density at radius 2 is 1.66 bits per heavy atom. The Kier molecular flexibility index (Phi) is 9.88. The van der Waals surface area contributed by atoms with Crippen molar-refractivity contribution in [2.75, 3.05) is 6.61 Å². The summed E-state index contributed by atoms with van der Waals surface area (Å²) >= 11 is 0. The Labute approximate surface area is 202 Å². The first kappa shape index (κ1) is 27.0. The highest BCUT2D eigenvalue weighted by Gasteiger charge is 2.34. The number of nitrogens with two attached hydrogens (primary N) is 1. The third-order valence-electron chi connectivity index (χ3n) is 5.21. The predicted molar refractivity (Wildman–Crippen MR) is 126 cm³/mol. The molecular weight excluding hydrogens is 456 g/mol. The van der Waals surface area contributed by atoms with Crippen molar-refractivity contribution in [3.05, 3.63) is 75.8 Å². The molecule has 35 heavy (non-hydrogen) atoms. The van der Waals surface area contributed by atoms with Crippen LogP contribution in [0.2, 0.25) is 0 Å². The SMILES string of the molecule is CCOC(=O)C[C@H](c1ccc([N+](=O)[O-])cc1)[C@H](NC(=O)[C@@H](Cc1ccccc1)NC(C)=O)C(N)=O. The number of nitrogens with one attached hydrogen (secondary N) is 2. The molecule has 4 N–H and O–H groups in total. The summed E-state index contributed by atoms with van der Waals surface area (Å²) in [6.07, 6.45) is -0.166. The van der Waals surface area contributed by atoms with Crippen molar-refractivity contribution in [2.45, 2.75) is 44.7 Å². The first-order valence-corrected chi connectivity index (χ1v) is 10.9. The number of nitrogens with zero attached hydrogens (tertiary/aromatic N) is 1. The van der Waals surface area contributed by atoms with E-state index < -0.39 is 46.6 Å².